The number of carbonyl (C=O) groups excluding carboxylic acids is 2. The number of rotatable bonds is 5. The predicted molar refractivity (Wildman–Crippen MR) is 104 cm³/mol. The molecule has 0 saturated heterocycles. The number of nitrogens with one attached hydrogen (secondary N) is 2. The van der Waals surface area contributed by atoms with Gasteiger partial charge in [0.1, 0.15) is 5.92 Å². The van der Waals surface area contributed by atoms with Gasteiger partial charge in [0.25, 0.3) is 5.91 Å². The smallest absolute Gasteiger partial charge is 0.252 e. The highest BCUT2D eigenvalue weighted by Crippen LogP contribution is 2.24. The minimum absolute atomic E-state index is 0.335. The lowest BCUT2D eigenvalue weighted by Gasteiger charge is -2.11. The molecule has 0 aliphatic heterocycles. The van der Waals surface area contributed by atoms with Crippen molar-refractivity contribution in [3.63, 3.8) is 0 Å². The molecular formula is C17H14BrCl2N3O2. The molecule has 1 unspecified atom stereocenters. The molecule has 5 nitrogen and oxygen atoms in total. The van der Waals surface area contributed by atoms with Crippen LogP contribution in [0.2, 0.25) is 10.0 Å². The predicted octanol–water partition coefficient (Wildman–Crippen LogP) is 4.48. The maximum Gasteiger partial charge on any atom is 0.252 e. The van der Waals surface area contributed by atoms with E-state index in [0.717, 1.165) is 4.47 Å². The van der Waals surface area contributed by atoms with Crippen LogP contribution in [0.4, 0.5) is 5.69 Å². The Kier molecular flexibility index (Phi) is 6.99. The molecule has 0 radical (unpaired) electrons. The van der Waals surface area contributed by atoms with E-state index in [9.17, 15) is 9.59 Å². The normalized spacial score (nSPS) is 12.0. The van der Waals surface area contributed by atoms with E-state index in [1.807, 2.05) is 6.07 Å². The summed E-state index contributed by atoms with van der Waals surface area (Å²) >= 11 is 15.3. The number of para-hydroxylation sites is 1. The molecule has 1 atom stereocenters. The van der Waals surface area contributed by atoms with Gasteiger partial charge in [-0.05, 0) is 41.1 Å². The Labute approximate surface area is 163 Å². The molecule has 0 spiro atoms. The van der Waals surface area contributed by atoms with Crippen LogP contribution in [0.15, 0.2) is 52.0 Å². The molecule has 0 heterocycles. The third kappa shape index (κ3) is 5.29. The first kappa shape index (κ1) is 19.4. The molecule has 8 heteroatoms. The van der Waals surface area contributed by atoms with Crippen LogP contribution in [0.1, 0.15) is 12.5 Å². The number of amides is 2. The van der Waals surface area contributed by atoms with Gasteiger partial charge >= 0.3 is 0 Å². The lowest BCUT2D eigenvalue weighted by molar-refractivity contribution is -0.131. The summed E-state index contributed by atoms with van der Waals surface area (Å²) in [5, 5.41) is 7.22. The minimum Gasteiger partial charge on any atom is -0.324 e. The standard InChI is InChI=1S/C17H14BrCl2N3O2/c1-10(16(24)22-14-8-3-2-6-12(14)18)17(25)23-21-9-11-5-4-7-13(19)15(11)20/h2-10H,1H3,(H,22,24)(H,23,25). The number of nitrogens with zero attached hydrogens (tertiary/aromatic N) is 1. The Balaban J connectivity index is 1.96. The van der Waals surface area contributed by atoms with Gasteiger partial charge in [0.15, 0.2) is 0 Å². The first-order chi connectivity index (χ1) is 11.9. The van der Waals surface area contributed by atoms with Crippen LogP contribution >= 0.6 is 39.1 Å². The molecule has 0 bridgehead atoms. The zero-order valence-corrected chi connectivity index (χ0v) is 16.2. The average molecular weight is 443 g/mol. The lowest BCUT2D eigenvalue weighted by atomic mass is 10.1. The largest absolute Gasteiger partial charge is 0.324 e. The SMILES string of the molecule is CC(C(=O)NN=Cc1cccc(Cl)c1Cl)C(=O)Nc1ccccc1Br. The summed E-state index contributed by atoms with van der Waals surface area (Å²) < 4.78 is 0.726. The lowest BCUT2D eigenvalue weighted by Crippen LogP contribution is -2.34. The summed E-state index contributed by atoms with van der Waals surface area (Å²) in [7, 11) is 0. The van der Waals surface area contributed by atoms with Crippen LogP contribution in [0, 0.1) is 5.92 Å². The third-order valence-corrected chi connectivity index (χ3v) is 4.80. The number of halogens is 3. The van der Waals surface area contributed by atoms with Gasteiger partial charge in [-0.2, -0.15) is 5.10 Å². The Hall–Kier alpha value is -1.89. The van der Waals surface area contributed by atoms with Crippen LogP contribution < -0.4 is 10.7 Å². The average Bonchev–Trinajstić information content (AvgIpc) is 2.59. The number of carbonyl (C=O) groups is 2. The molecule has 0 aromatic heterocycles. The van der Waals surface area contributed by atoms with Crippen LogP contribution in [0.25, 0.3) is 0 Å². The fraction of sp³-hybridized carbons (Fsp3) is 0.118. The molecule has 130 valence electrons. The summed E-state index contributed by atoms with van der Waals surface area (Å²) in [6, 6.07) is 12.2. The highest BCUT2D eigenvalue weighted by atomic mass is 79.9. The molecule has 2 N–H and O–H groups in total. The Morgan fingerprint density at radius 2 is 1.84 bits per heavy atom. The van der Waals surface area contributed by atoms with E-state index >= 15 is 0 Å². The van der Waals surface area contributed by atoms with Crippen LogP contribution in [0.3, 0.4) is 0 Å². The minimum atomic E-state index is -0.931. The second-order valence-corrected chi connectivity index (χ2v) is 6.71. The van der Waals surface area contributed by atoms with Gasteiger partial charge in [-0.1, -0.05) is 47.5 Å². The van der Waals surface area contributed by atoms with E-state index in [1.165, 1.54) is 13.1 Å². The van der Waals surface area contributed by atoms with Gasteiger partial charge in [-0.15, -0.1) is 0 Å². The van der Waals surface area contributed by atoms with Crippen molar-refractivity contribution in [2.45, 2.75) is 6.92 Å². The number of benzene rings is 2. The van der Waals surface area contributed by atoms with Crippen molar-refractivity contribution in [2.75, 3.05) is 5.32 Å². The van der Waals surface area contributed by atoms with E-state index in [4.69, 9.17) is 23.2 Å². The van der Waals surface area contributed by atoms with Crippen LogP contribution in [-0.4, -0.2) is 18.0 Å². The topological polar surface area (TPSA) is 70.6 Å². The number of hydrogen-bond donors (Lipinski definition) is 2. The fourth-order valence-electron chi connectivity index (χ4n) is 1.81. The number of anilines is 1. The van der Waals surface area contributed by atoms with Crippen molar-refractivity contribution in [3.8, 4) is 0 Å². The van der Waals surface area contributed by atoms with Crippen LogP contribution in [-0.2, 0) is 9.59 Å². The number of hydrazone groups is 1. The zero-order valence-electron chi connectivity index (χ0n) is 13.1. The van der Waals surface area contributed by atoms with Crippen molar-refractivity contribution in [1.82, 2.24) is 5.43 Å². The van der Waals surface area contributed by atoms with E-state index in [1.54, 1.807) is 36.4 Å². The van der Waals surface area contributed by atoms with Crippen LogP contribution in [0.5, 0.6) is 0 Å². The van der Waals surface area contributed by atoms with Gasteiger partial charge in [-0.25, -0.2) is 5.43 Å². The van der Waals surface area contributed by atoms with E-state index < -0.39 is 17.7 Å². The van der Waals surface area contributed by atoms with Crippen molar-refractivity contribution >= 4 is 62.8 Å². The quantitative estimate of drug-likeness (QED) is 0.407. The van der Waals surface area contributed by atoms with E-state index in [-0.39, 0.29) is 0 Å². The molecule has 2 rings (SSSR count). The van der Waals surface area contributed by atoms with Crippen molar-refractivity contribution < 1.29 is 9.59 Å². The van der Waals surface area contributed by atoms with Crippen molar-refractivity contribution in [1.29, 1.82) is 0 Å². The monoisotopic (exact) mass is 441 g/mol. The maximum absolute atomic E-state index is 12.2. The molecule has 2 aromatic rings. The Bertz CT molecular complexity index is 827. The Morgan fingerprint density at radius 3 is 2.56 bits per heavy atom. The summed E-state index contributed by atoms with van der Waals surface area (Å²) in [4.78, 5) is 24.2. The second kappa shape index (κ2) is 8.99. The van der Waals surface area contributed by atoms with Crippen molar-refractivity contribution in [2.24, 2.45) is 11.0 Å². The summed E-state index contributed by atoms with van der Waals surface area (Å²) in [6.07, 6.45) is 1.37. The molecule has 0 fully saturated rings. The highest BCUT2D eigenvalue weighted by molar-refractivity contribution is 9.10. The third-order valence-electron chi connectivity index (χ3n) is 3.28. The first-order valence-corrected chi connectivity index (χ1v) is 8.77. The summed E-state index contributed by atoms with van der Waals surface area (Å²) in [5.74, 6) is -1.92. The zero-order chi connectivity index (χ0) is 18.4. The molecule has 0 aliphatic rings. The van der Waals surface area contributed by atoms with Gasteiger partial charge in [0.2, 0.25) is 5.91 Å². The summed E-state index contributed by atoms with van der Waals surface area (Å²) in [5.41, 5.74) is 3.46. The Morgan fingerprint density at radius 1 is 1.12 bits per heavy atom. The summed E-state index contributed by atoms with van der Waals surface area (Å²) in [6.45, 7) is 1.49. The molecule has 25 heavy (non-hydrogen) atoms. The molecule has 2 aromatic carbocycles. The van der Waals surface area contributed by atoms with Gasteiger partial charge in [0.05, 0.1) is 21.9 Å². The van der Waals surface area contributed by atoms with Gasteiger partial charge in [-0.3, -0.25) is 9.59 Å². The molecule has 2 amide bonds. The first-order valence-electron chi connectivity index (χ1n) is 7.22. The molecule has 0 aliphatic carbocycles. The van der Waals surface area contributed by atoms with Gasteiger partial charge in [0, 0.05) is 10.0 Å². The number of hydrogen-bond acceptors (Lipinski definition) is 3. The van der Waals surface area contributed by atoms with Crippen molar-refractivity contribution in [3.05, 3.63) is 62.5 Å². The maximum atomic E-state index is 12.2. The molecule has 0 saturated carbocycles. The van der Waals surface area contributed by atoms with E-state index in [2.05, 4.69) is 31.8 Å². The van der Waals surface area contributed by atoms with Gasteiger partial charge < -0.3 is 5.32 Å². The second-order valence-electron chi connectivity index (χ2n) is 5.07. The molecular weight excluding hydrogens is 429 g/mol. The fourth-order valence-corrected chi connectivity index (χ4v) is 2.55. The van der Waals surface area contributed by atoms with E-state index in [0.29, 0.717) is 21.3 Å². The highest BCUT2D eigenvalue weighted by Gasteiger charge is 2.21.